The lowest BCUT2D eigenvalue weighted by Gasteiger charge is -1.99. The van der Waals surface area contributed by atoms with E-state index in [1.807, 2.05) is 0 Å². The summed E-state index contributed by atoms with van der Waals surface area (Å²) in [7, 11) is 1.63. The average Bonchev–Trinajstić information content (AvgIpc) is 2.71. The summed E-state index contributed by atoms with van der Waals surface area (Å²) in [6, 6.07) is 1.80. The fraction of sp³-hybridized carbons (Fsp3) is 0.250. The highest BCUT2D eigenvalue weighted by Gasteiger charge is 2.05. The third kappa shape index (κ3) is 1.91. The molecule has 0 aliphatic rings. The van der Waals surface area contributed by atoms with Gasteiger partial charge in [-0.1, -0.05) is 0 Å². The zero-order valence-corrected chi connectivity index (χ0v) is 8.36. The molecular weight excluding hydrogens is 200 g/mol. The van der Waals surface area contributed by atoms with E-state index in [9.17, 15) is 0 Å². The summed E-state index contributed by atoms with van der Waals surface area (Å²) in [5.74, 6) is 1.11. The quantitative estimate of drug-likeness (QED) is 0.757. The van der Waals surface area contributed by atoms with Crippen LogP contribution in [0.3, 0.4) is 0 Å². The molecule has 0 unspecified atom stereocenters. The summed E-state index contributed by atoms with van der Waals surface area (Å²) >= 11 is 1.28. The van der Waals surface area contributed by atoms with Crippen LogP contribution in [0.2, 0.25) is 0 Å². The van der Waals surface area contributed by atoms with Crippen LogP contribution in [0, 0.1) is 0 Å². The van der Waals surface area contributed by atoms with Crippen molar-refractivity contribution in [1.82, 2.24) is 19.3 Å². The van der Waals surface area contributed by atoms with Gasteiger partial charge in [0, 0.05) is 13.3 Å². The van der Waals surface area contributed by atoms with Crippen LogP contribution in [0.15, 0.2) is 17.8 Å². The van der Waals surface area contributed by atoms with Crippen molar-refractivity contribution in [3.63, 3.8) is 0 Å². The maximum absolute atomic E-state index is 4.97. The van der Waals surface area contributed by atoms with Crippen LogP contribution in [-0.4, -0.2) is 26.4 Å². The molecular formula is C8H8N4OS. The highest BCUT2D eigenvalue weighted by molar-refractivity contribution is 7.03. The highest BCUT2D eigenvalue weighted by atomic mass is 32.1. The summed E-state index contributed by atoms with van der Waals surface area (Å²) in [6.07, 6.45) is 1.68. The zero-order valence-electron chi connectivity index (χ0n) is 7.54. The second kappa shape index (κ2) is 4.21. The third-order valence-electron chi connectivity index (χ3n) is 1.57. The maximum Gasteiger partial charge on any atom is 0.210 e. The van der Waals surface area contributed by atoms with Gasteiger partial charge in [0.2, 0.25) is 5.82 Å². The smallest absolute Gasteiger partial charge is 0.210 e. The molecule has 0 spiro atoms. The van der Waals surface area contributed by atoms with Gasteiger partial charge in [0.1, 0.15) is 5.51 Å². The standard InChI is InChI=1S/C8H8N4OS/c1-13-4-6-2-3-9-7(11-6)8-10-5-14-12-8/h2-3,5H,4H2,1H3. The molecule has 2 aromatic heterocycles. The number of ether oxygens (including phenoxy) is 1. The molecule has 0 N–H and O–H groups in total. The van der Waals surface area contributed by atoms with E-state index >= 15 is 0 Å². The Hall–Kier alpha value is -1.40. The van der Waals surface area contributed by atoms with Gasteiger partial charge in [-0.15, -0.1) is 0 Å². The van der Waals surface area contributed by atoms with Gasteiger partial charge in [-0.2, -0.15) is 4.37 Å². The van der Waals surface area contributed by atoms with E-state index in [-0.39, 0.29) is 0 Å². The van der Waals surface area contributed by atoms with E-state index < -0.39 is 0 Å². The average molecular weight is 208 g/mol. The van der Waals surface area contributed by atoms with E-state index in [0.29, 0.717) is 18.3 Å². The highest BCUT2D eigenvalue weighted by Crippen LogP contribution is 2.10. The molecule has 0 saturated carbocycles. The number of hydrogen-bond donors (Lipinski definition) is 0. The van der Waals surface area contributed by atoms with Gasteiger partial charge >= 0.3 is 0 Å². The van der Waals surface area contributed by atoms with Crippen molar-refractivity contribution in [3.8, 4) is 11.6 Å². The summed E-state index contributed by atoms with van der Waals surface area (Å²) in [5.41, 5.74) is 2.48. The van der Waals surface area contributed by atoms with E-state index in [4.69, 9.17) is 4.74 Å². The molecule has 0 atom stereocenters. The molecule has 6 heteroatoms. The summed E-state index contributed by atoms with van der Waals surface area (Å²) < 4.78 is 9.02. The molecule has 0 amide bonds. The van der Waals surface area contributed by atoms with Crippen LogP contribution < -0.4 is 0 Å². The Balaban J connectivity index is 2.31. The fourth-order valence-electron chi connectivity index (χ4n) is 1.00. The molecule has 2 heterocycles. The molecule has 0 fully saturated rings. The lowest BCUT2D eigenvalue weighted by Crippen LogP contribution is -1.97. The number of hydrogen-bond acceptors (Lipinski definition) is 6. The molecule has 72 valence electrons. The van der Waals surface area contributed by atoms with Gasteiger partial charge in [-0.05, 0) is 17.6 Å². The first-order valence-electron chi connectivity index (χ1n) is 3.98. The Morgan fingerprint density at radius 3 is 3.00 bits per heavy atom. The molecule has 2 rings (SSSR count). The molecule has 5 nitrogen and oxygen atoms in total. The summed E-state index contributed by atoms with van der Waals surface area (Å²) in [5, 5.41) is 0. The Bertz CT molecular complexity index is 403. The second-order valence-corrected chi connectivity index (χ2v) is 3.16. The molecule has 2 aromatic rings. The molecule has 0 aromatic carbocycles. The minimum absolute atomic E-state index is 0.472. The maximum atomic E-state index is 4.97. The van der Waals surface area contributed by atoms with Crippen molar-refractivity contribution >= 4 is 11.5 Å². The van der Waals surface area contributed by atoms with Gasteiger partial charge in [-0.25, -0.2) is 15.0 Å². The molecule has 0 aliphatic heterocycles. The monoisotopic (exact) mass is 208 g/mol. The first-order chi connectivity index (χ1) is 6.90. The number of rotatable bonds is 3. The minimum Gasteiger partial charge on any atom is -0.378 e. The van der Waals surface area contributed by atoms with E-state index in [2.05, 4.69) is 19.3 Å². The first kappa shape index (κ1) is 9.17. The van der Waals surface area contributed by atoms with Crippen LogP contribution in [0.5, 0.6) is 0 Å². The normalized spacial score (nSPS) is 10.4. The lowest BCUT2D eigenvalue weighted by atomic mass is 10.4. The number of methoxy groups -OCH3 is 1. The van der Waals surface area contributed by atoms with Crippen LogP contribution in [-0.2, 0) is 11.3 Å². The minimum atomic E-state index is 0.472. The number of nitrogens with zero attached hydrogens (tertiary/aromatic N) is 4. The first-order valence-corrected chi connectivity index (χ1v) is 4.81. The lowest BCUT2D eigenvalue weighted by molar-refractivity contribution is 0.181. The van der Waals surface area contributed by atoms with Gasteiger partial charge in [0.25, 0.3) is 0 Å². The van der Waals surface area contributed by atoms with Crippen LogP contribution in [0.1, 0.15) is 5.69 Å². The molecule has 0 radical (unpaired) electrons. The topological polar surface area (TPSA) is 60.8 Å². The summed E-state index contributed by atoms with van der Waals surface area (Å²) in [4.78, 5) is 12.4. The van der Waals surface area contributed by atoms with Gasteiger partial charge in [0.05, 0.1) is 12.3 Å². The summed E-state index contributed by atoms with van der Waals surface area (Å²) in [6.45, 7) is 0.472. The van der Waals surface area contributed by atoms with Crippen molar-refractivity contribution < 1.29 is 4.74 Å². The van der Waals surface area contributed by atoms with E-state index in [1.165, 1.54) is 11.5 Å². The van der Waals surface area contributed by atoms with Crippen molar-refractivity contribution in [2.45, 2.75) is 6.61 Å². The number of aromatic nitrogens is 4. The van der Waals surface area contributed by atoms with Crippen molar-refractivity contribution in [2.75, 3.05) is 7.11 Å². The Labute approximate surface area is 85.0 Å². The van der Waals surface area contributed by atoms with Crippen molar-refractivity contribution in [2.24, 2.45) is 0 Å². The zero-order chi connectivity index (χ0) is 9.80. The van der Waals surface area contributed by atoms with Crippen molar-refractivity contribution in [1.29, 1.82) is 0 Å². The Kier molecular flexibility index (Phi) is 2.76. The molecule has 14 heavy (non-hydrogen) atoms. The largest absolute Gasteiger partial charge is 0.378 e. The van der Waals surface area contributed by atoms with Gasteiger partial charge < -0.3 is 4.74 Å². The SMILES string of the molecule is COCc1ccnc(-c2ncsn2)n1. The predicted molar refractivity (Wildman–Crippen MR) is 51.6 cm³/mol. The van der Waals surface area contributed by atoms with Crippen LogP contribution >= 0.6 is 11.5 Å². The third-order valence-corrected chi connectivity index (χ3v) is 2.04. The predicted octanol–water partition coefficient (Wildman–Crippen LogP) is 1.14. The van der Waals surface area contributed by atoms with Crippen LogP contribution in [0.25, 0.3) is 11.6 Å². The molecule has 0 aliphatic carbocycles. The van der Waals surface area contributed by atoms with Crippen molar-refractivity contribution in [3.05, 3.63) is 23.5 Å². The second-order valence-electron chi connectivity index (χ2n) is 2.56. The molecule has 0 bridgehead atoms. The molecule has 0 saturated heterocycles. The van der Waals surface area contributed by atoms with E-state index in [1.54, 1.807) is 24.9 Å². The van der Waals surface area contributed by atoms with Gasteiger partial charge in [-0.3, -0.25) is 0 Å². The Morgan fingerprint density at radius 2 is 2.29 bits per heavy atom. The van der Waals surface area contributed by atoms with Gasteiger partial charge in [0.15, 0.2) is 5.82 Å². The fourth-order valence-corrected chi connectivity index (χ4v) is 1.42. The van der Waals surface area contributed by atoms with Crippen LogP contribution in [0.4, 0.5) is 0 Å². The van der Waals surface area contributed by atoms with E-state index in [0.717, 1.165) is 5.69 Å². The Morgan fingerprint density at radius 1 is 1.36 bits per heavy atom.